The van der Waals surface area contributed by atoms with E-state index in [1.807, 2.05) is 36.2 Å². The second-order valence-electron chi connectivity index (χ2n) is 11.2. The summed E-state index contributed by atoms with van der Waals surface area (Å²) >= 11 is 0. The first-order valence-corrected chi connectivity index (χ1v) is 12.5. The van der Waals surface area contributed by atoms with Crippen LogP contribution in [0.4, 0.5) is 0 Å². The zero-order valence-electron chi connectivity index (χ0n) is 19.7. The van der Waals surface area contributed by atoms with Gasteiger partial charge in [0.05, 0.1) is 12.2 Å². The fraction of sp³-hybridized carbons (Fsp3) is 0.667. The van der Waals surface area contributed by atoms with Crippen LogP contribution in [0.25, 0.3) is 0 Å². The SMILES string of the molecule is CN1C(=O)C=C[C@]2(C)[C@H]3CC[C@]4(C)C(CC(=O)NCc5ccccn5)CC[C@H]4[C@@H]3CC[C@@H]12. The zero-order valence-corrected chi connectivity index (χ0v) is 19.7. The Kier molecular flexibility index (Phi) is 5.42. The molecule has 5 heteroatoms. The Labute approximate surface area is 192 Å². The number of pyridine rings is 1. The maximum Gasteiger partial charge on any atom is 0.246 e. The number of aromatic nitrogens is 1. The predicted octanol–water partition coefficient (Wildman–Crippen LogP) is 4.34. The topological polar surface area (TPSA) is 62.3 Å². The lowest BCUT2D eigenvalue weighted by Crippen LogP contribution is -2.59. The van der Waals surface area contributed by atoms with E-state index in [4.69, 9.17) is 0 Å². The summed E-state index contributed by atoms with van der Waals surface area (Å²) in [7, 11) is 1.98. The van der Waals surface area contributed by atoms with Gasteiger partial charge in [-0.15, -0.1) is 0 Å². The molecule has 1 aromatic rings. The Hall–Kier alpha value is -2.17. The Morgan fingerprint density at radius 3 is 2.78 bits per heavy atom. The fourth-order valence-corrected chi connectivity index (χ4v) is 8.17. The van der Waals surface area contributed by atoms with Gasteiger partial charge in [0, 0.05) is 31.1 Å². The van der Waals surface area contributed by atoms with Crippen LogP contribution in [0.15, 0.2) is 36.5 Å². The number of likely N-dealkylation sites (N-methyl/N-ethyl adjacent to an activating group) is 1. The number of amides is 2. The van der Waals surface area contributed by atoms with Crippen molar-refractivity contribution in [2.45, 2.75) is 71.4 Å². The lowest BCUT2D eigenvalue weighted by atomic mass is 9.47. The molecule has 3 saturated carbocycles. The van der Waals surface area contributed by atoms with Gasteiger partial charge < -0.3 is 10.2 Å². The molecule has 1 aromatic heterocycles. The number of carbonyl (C=O) groups is 2. The van der Waals surface area contributed by atoms with Crippen molar-refractivity contribution < 1.29 is 9.59 Å². The zero-order chi connectivity index (χ0) is 22.5. The van der Waals surface area contributed by atoms with Gasteiger partial charge in [0.25, 0.3) is 0 Å². The molecule has 0 saturated heterocycles. The van der Waals surface area contributed by atoms with Crippen LogP contribution in [0.2, 0.25) is 0 Å². The largest absolute Gasteiger partial charge is 0.350 e. The number of hydrogen-bond donors (Lipinski definition) is 1. The molecule has 32 heavy (non-hydrogen) atoms. The average Bonchev–Trinajstić information content (AvgIpc) is 3.12. The van der Waals surface area contributed by atoms with Crippen molar-refractivity contribution >= 4 is 11.8 Å². The van der Waals surface area contributed by atoms with Gasteiger partial charge in [-0.2, -0.15) is 0 Å². The molecule has 3 fully saturated rings. The van der Waals surface area contributed by atoms with Gasteiger partial charge in [0.2, 0.25) is 11.8 Å². The Balaban J connectivity index is 1.27. The second kappa shape index (κ2) is 8.00. The van der Waals surface area contributed by atoms with Crippen molar-refractivity contribution in [1.82, 2.24) is 15.2 Å². The second-order valence-corrected chi connectivity index (χ2v) is 11.2. The first-order valence-electron chi connectivity index (χ1n) is 12.5. The summed E-state index contributed by atoms with van der Waals surface area (Å²) in [6.45, 7) is 5.38. The molecule has 2 heterocycles. The Bertz CT molecular complexity index is 915. The van der Waals surface area contributed by atoms with Crippen molar-refractivity contribution in [2.75, 3.05) is 7.05 Å². The van der Waals surface area contributed by atoms with Gasteiger partial charge in [-0.25, -0.2) is 0 Å². The molecule has 5 nitrogen and oxygen atoms in total. The summed E-state index contributed by atoms with van der Waals surface area (Å²) in [6.07, 6.45) is 13.6. The van der Waals surface area contributed by atoms with Crippen LogP contribution in [-0.2, 0) is 16.1 Å². The molecule has 0 aromatic carbocycles. The molecule has 1 aliphatic heterocycles. The van der Waals surface area contributed by atoms with Crippen molar-refractivity contribution in [3.05, 3.63) is 42.2 Å². The van der Waals surface area contributed by atoms with E-state index in [2.05, 4.69) is 30.2 Å². The maximum atomic E-state index is 12.8. The first kappa shape index (κ1) is 21.7. The first-order chi connectivity index (χ1) is 15.3. The van der Waals surface area contributed by atoms with E-state index >= 15 is 0 Å². The van der Waals surface area contributed by atoms with E-state index in [1.54, 1.807) is 6.20 Å². The van der Waals surface area contributed by atoms with Crippen LogP contribution in [0, 0.1) is 34.5 Å². The summed E-state index contributed by atoms with van der Waals surface area (Å²) in [6, 6.07) is 6.14. The molecule has 0 spiro atoms. The highest BCUT2D eigenvalue weighted by Crippen LogP contribution is 2.65. The molecule has 1 unspecified atom stereocenters. The van der Waals surface area contributed by atoms with E-state index in [0.29, 0.717) is 42.7 Å². The Morgan fingerprint density at radius 2 is 2.00 bits per heavy atom. The molecule has 3 aliphatic carbocycles. The lowest BCUT2D eigenvalue weighted by Gasteiger charge is -2.60. The summed E-state index contributed by atoms with van der Waals surface area (Å²) < 4.78 is 0. The van der Waals surface area contributed by atoms with Gasteiger partial charge in [-0.1, -0.05) is 26.0 Å². The van der Waals surface area contributed by atoms with Crippen LogP contribution in [0.3, 0.4) is 0 Å². The van der Waals surface area contributed by atoms with E-state index in [0.717, 1.165) is 18.5 Å². The lowest BCUT2D eigenvalue weighted by molar-refractivity contribution is -0.139. The highest BCUT2D eigenvalue weighted by atomic mass is 16.2. The summed E-state index contributed by atoms with van der Waals surface area (Å²) in [4.78, 5) is 31.4. The normalized spacial score (nSPS) is 40.4. The molecule has 4 aliphatic rings. The van der Waals surface area contributed by atoms with Gasteiger partial charge >= 0.3 is 0 Å². The molecular formula is C27H37N3O2. The summed E-state index contributed by atoms with van der Waals surface area (Å²) in [5, 5.41) is 3.10. The van der Waals surface area contributed by atoms with Crippen molar-refractivity contribution in [3.63, 3.8) is 0 Å². The van der Waals surface area contributed by atoms with Crippen LogP contribution in [0.1, 0.15) is 64.5 Å². The van der Waals surface area contributed by atoms with Gasteiger partial charge in [0.1, 0.15) is 0 Å². The highest BCUT2D eigenvalue weighted by Gasteiger charge is 2.60. The summed E-state index contributed by atoms with van der Waals surface area (Å²) in [5.74, 6) is 2.84. The van der Waals surface area contributed by atoms with Gasteiger partial charge in [-0.3, -0.25) is 14.6 Å². The number of carbonyl (C=O) groups excluding carboxylic acids is 2. The fourth-order valence-electron chi connectivity index (χ4n) is 8.17. The third-order valence-corrected chi connectivity index (χ3v) is 9.95. The molecule has 5 rings (SSSR count). The van der Waals surface area contributed by atoms with Crippen molar-refractivity contribution in [2.24, 2.45) is 34.5 Å². The minimum atomic E-state index is 0.0883. The van der Waals surface area contributed by atoms with E-state index in [-0.39, 0.29) is 22.6 Å². The van der Waals surface area contributed by atoms with Gasteiger partial charge in [-0.05, 0) is 85.8 Å². The van der Waals surface area contributed by atoms with Crippen LogP contribution in [-0.4, -0.2) is 34.8 Å². The smallest absolute Gasteiger partial charge is 0.246 e. The molecule has 0 bridgehead atoms. The molecule has 0 radical (unpaired) electrons. The Morgan fingerprint density at radius 1 is 1.16 bits per heavy atom. The number of nitrogens with one attached hydrogen (secondary N) is 1. The molecule has 7 atom stereocenters. The number of hydrogen-bond acceptors (Lipinski definition) is 3. The number of rotatable bonds is 4. The minimum absolute atomic E-state index is 0.0883. The molecular weight excluding hydrogens is 398 g/mol. The van der Waals surface area contributed by atoms with Crippen LogP contribution >= 0.6 is 0 Å². The maximum absolute atomic E-state index is 12.8. The third-order valence-electron chi connectivity index (χ3n) is 9.95. The number of nitrogens with zero attached hydrogens (tertiary/aromatic N) is 2. The standard InChI is InChI=1S/C27H37N3O2/c1-26-13-11-22-20(8-10-23-27(22,2)14-12-25(32)30(23)3)21(26)9-7-18(26)16-24(31)29-17-19-6-4-5-15-28-19/h4-6,12,14-15,18,20-23H,7-11,13,16-17H2,1-3H3,(H,29,31)/t18?,20-,21-,22-,23+,26+,27+/m0/s1. The minimum Gasteiger partial charge on any atom is -0.350 e. The van der Waals surface area contributed by atoms with E-state index in [1.165, 1.54) is 25.7 Å². The monoisotopic (exact) mass is 435 g/mol. The van der Waals surface area contributed by atoms with Crippen LogP contribution < -0.4 is 5.32 Å². The van der Waals surface area contributed by atoms with Crippen molar-refractivity contribution in [1.29, 1.82) is 0 Å². The predicted molar refractivity (Wildman–Crippen MR) is 124 cm³/mol. The average molecular weight is 436 g/mol. The van der Waals surface area contributed by atoms with Gasteiger partial charge in [0.15, 0.2) is 0 Å². The molecule has 2 amide bonds. The third kappa shape index (κ3) is 3.39. The van der Waals surface area contributed by atoms with Crippen LogP contribution in [0.5, 0.6) is 0 Å². The highest BCUT2D eigenvalue weighted by molar-refractivity contribution is 5.89. The quantitative estimate of drug-likeness (QED) is 0.765. The van der Waals surface area contributed by atoms with E-state index < -0.39 is 0 Å². The van der Waals surface area contributed by atoms with E-state index in [9.17, 15) is 9.59 Å². The summed E-state index contributed by atoms with van der Waals surface area (Å²) in [5.41, 5.74) is 1.25. The van der Waals surface area contributed by atoms with Crippen molar-refractivity contribution in [3.8, 4) is 0 Å². The molecule has 172 valence electrons. The molecule has 1 N–H and O–H groups in total. The number of fused-ring (bicyclic) bond motifs is 5.